The van der Waals surface area contributed by atoms with E-state index in [9.17, 15) is 0 Å². The van der Waals surface area contributed by atoms with Crippen LogP contribution < -0.4 is 9.64 Å². The summed E-state index contributed by atoms with van der Waals surface area (Å²) in [6, 6.07) is 71.0. The average molecular weight is 704 g/mol. The second kappa shape index (κ2) is 12.6. The SMILES string of the molecule is c1ccc(-c2ccc3c(c2)Oc2c(ccc4ccccc24)-c2cc(N(c4ccc5oc6ccccc6c5c4)c4ccccc4-c4ccccc4)ccc2-3)cc1. The van der Waals surface area contributed by atoms with Gasteiger partial charge in [0.05, 0.1) is 5.69 Å². The molecular weight excluding hydrogens is 671 g/mol. The van der Waals surface area contributed by atoms with Gasteiger partial charge >= 0.3 is 0 Å². The van der Waals surface area contributed by atoms with Crippen LogP contribution in [0.2, 0.25) is 0 Å². The molecule has 0 radical (unpaired) electrons. The minimum Gasteiger partial charge on any atom is -0.456 e. The third kappa shape index (κ3) is 5.20. The smallest absolute Gasteiger partial charge is 0.143 e. The number of nitrogens with zero attached hydrogens (tertiary/aromatic N) is 1. The fourth-order valence-corrected chi connectivity index (χ4v) is 8.25. The summed E-state index contributed by atoms with van der Waals surface area (Å²) in [4.78, 5) is 2.38. The highest BCUT2D eigenvalue weighted by atomic mass is 16.5. The molecule has 0 amide bonds. The highest BCUT2D eigenvalue weighted by Crippen LogP contribution is 2.52. The van der Waals surface area contributed by atoms with E-state index in [2.05, 4.69) is 193 Å². The lowest BCUT2D eigenvalue weighted by molar-refractivity contribution is 0.493. The highest BCUT2D eigenvalue weighted by molar-refractivity contribution is 6.07. The van der Waals surface area contributed by atoms with E-state index >= 15 is 0 Å². The Kier molecular flexibility index (Phi) is 7.17. The molecule has 55 heavy (non-hydrogen) atoms. The van der Waals surface area contributed by atoms with Crippen molar-refractivity contribution in [1.29, 1.82) is 0 Å². The molecule has 1 aliphatic rings. The van der Waals surface area contributed by atoms with E-state index in [0.717, 1.165) is 106 Å². The molecule has 0 N–H and O–H groups in total. The Hall–Kier alpha value is -7.36. The molecule has 258 valence electrons. The first-order valence-electron chi connectivity index (χ1n) is 18.7. The number of rotatable bonds is 5. The number of furan rings is 1. The van der Waals surface area contributed by atoms with Crippen molar-refractivity contribution in [3.63, 3.8) is 0 Å². The molecule has 3 nitrogen and oxygen atoms in total. The van der Waals surface area contributed by atoms with Crippen molar-refractivity contribution in [3.8, 4) is 56.0 Å². The van der Waals surface area contributed by atoms with Crippen LogP contribution in [0.3, 0.4) is 0 Å². The van der Waals surface area contributed by atoms with Crippen molar-refractivity contribution < 1.29 is 9.15 Å². The van der Waals surface area contributed by atoms with Gasteiger partial charge < -0.3 is 14.1 Å². The van der Waals surface area contributed by atoms with Crippen molar-refractivity contribution in [1.82, 2.24) is 0 Å². The molecule has 0 fully saturated rings. The van der Waals surface area contributed by atoms with Gasteiger partial charge in [0.25, 0.3) is 0 Å². The van der Waals surface area contributed by atoms with E-state index < -0.39 is 0 Å². The summed E-state index contributed by atoms with van der Waals surface area (Å²) in [5.41, 5.74) is 13.8. The molecule has 0 saturated heterocycles. The molecule has 1 aromatic heterocycles. The molecule has 0 unspecified atom stereocenters. The first-order valence-corrected chi connectivity index (χ1v) is 18.7. The fourth-order valence-electron chi connectivity index (χ4n) is 8.25. The van der Waals surface area contributed by atoms with Crippen molar-refractivity contribution in [2.45, 2.75) is 0 Å². The highest BCUT2D eigenvalue weighted by Gasteiger charge is 2.26. The lowest BCUT2D eigenvalue weighted by Crippen LogP contribution is -2.11. The molecule has 0 atom stereocenters. The zero-order valence-electron chi connectivity index (χ0n) is 29.8. The average Bonchev–Trinajstić information content (AvgIpc) is 3.56. The van der Waals surface area contributed by atoms with Crippen molar-refractivity contribution in [2.75, 3.05) is 4.90 Å². The van der Waals surface area contributed by atoms with Gasteiger partial charge in [-0.05, 0) is 93.9 Å². The third-order valence-electron chi connectivity index (χ3n) is 10.9. The summed E-state index contributed by atoms with van der Waals surface area (Å²) in [7, 11) is 0. The van der Waals surface area contributed by atoms with Crippen molar-refractivity contribution in [3.05, 3.63) is 200 Å². The van der Waals surface area contributed by atoms with Gasteiger partial charge in [0.1, 0.15) is 22.7 Å². The van der Waals surface area contributed by atoms with Crippen molar-refractivity contribution >= 4 is 49.8 Å². The Labute approximate surface area is 318 Å². The van der Waals surface area contributed by atoms with E-state index in [4.69, 9.17) is 9.15 Å². The first kappa shape index (κ1) is 31.2. The van der Waals surface area contributed by atoms with Crippen LogP contribution in [0.5, 0.6) is 11.5 Å². The Balaban J connectivity index is 1.17. The summed E-state index contributed by atoms with van der Waals surface area (Å²) in [6.45, 7) is 0. The van der Waals surface area contributed by atoms with Crippen LogP contribution in [-0.2, 0) is 0 Å². The van der Waals surface area contributed by atoms with Crippen LogP contribution >= 0.6 is 0 Å². The molecule has 3 heteroatoms. The molecule has 1 aliphatic heterocycles. The monoisotopic (exact) mass is 703 g/mol. The van der Waals surface area contributed by atoms with Crippen LogP contribution in [0.1, 0.15) is 0 Å². The summed E-state index contributed by atoms with van der Waals surface area (Å²) < 4.78 is 13.4. The van der Waals surface area contributed by atoms with Gasteiger partial charge in [-0.2, -0.15) is 0 Å². The van der Waals surface area contributed by atoms with Gasteiger partial charge in [-0.1, -0.05) is 140 Å². The molecule has 0 spiro atoms. The van der Waals surface area contributed by atoms with Crippen LogP contribution in [0, 0.1) is 0 Å². The van der Waals surface area contributed by atoms with Crippen LogP contribution in [0.25, 0.3) is 77.2 Å². The maximum Gasteiger partial charge on any atom is 0.143 e. The zero-order chi connectivity index (χ0) is 36.3. The normalized spacial score (nSPS) is 11.8. The van der Waals surface area contributed by atoms with Gasteiger partial charge in [-0.15, -0.1) is 0 Å². The molecule has 11 rings (SSSR count). The standard InChI is InChI=1S/C52H33NO2/c1-3-13-34(14-4-1)37-24-27-44-42-29-25-38(32-46(42)45-28-23-36-17-7-8-19-41(36)52(45)55-51(44)31-37)53(48-21-11-9-18-40(48)35-15-5-2-6-16-35)39-26-30-50-47(33-39)43-20-10-12-22-49(43)54-50/h1-33H. The summed E-state index contributed by atoms with van der Waals surface area (Å²) in [5.74, 6) is 1.71. The maximum atomic E-state index is 7.06. The molecule has 2 heterocycles. The quantitative estimate of drug-likeness (QED) is 0.178. The number of hydrogen-bond donors (Lipinski definition) is 0. The van der Waals surface area contributed by atoms with E-state index in [1.54, 1.807) is 0 Å². The Bertz CT molecular complexity index is 3070. The van der Waals surface area contributed by atoms with Gasteiger partial charge in [-0.3, -0.25) is 0 Å². The summed E-state index contributed by atoms with van der Waals surface area (Å²) >= 11 is 0. The number of ether oxygens (including phenoxy) is 1. The lowest BCUT2D eigenvalue weighted by atomic mass is 9.91. The van der Waals surface area contributed by atoms with E-state index in [1.807, 2.05) is 12.1 Å². The van der Waals surface area contributed by atoms with Crippen molar-refractivity contribution in [2.24, 2.45) is 0 Å². The Morgan fingerprint density at radius 1 is 0.345 bits per heavy atom. The molecular formula is C52H33NO2. The molecule has 0 bridgehead atoms. The van der Waals surface area contributed by atoms with Crippen LogP contribution in [0.15, 0.2) is 205 Å². The largest absolute Gasteiger partial charge is 0.456 e. The minimum absolute atomic E-state index is 0.842. The number of anilines is 3. The second-order valence-electron chi connectivity index (χ2n) is 14.1. The number of benzene rings is 9. The summed E-state index contributed by atoms with van der Waals surface area (Å²) in [6.07, 6.45) is 0. The van der Waals surface area contributed by atoms with E-state index in [-0.39, 0.29) is 0 Å². The van der Waals surface area contributed by atoms with Gasteiger partial charge in [0, 0.05) is 44.2 Å². The van der Waals surface area contributed by atoms with Gasteiger partial charge in [-0.25, -0.2) is 0 Å². The number of fused-ring (bicyclic) bond motifs is 10. The predicted octanol–water partition coefficient (Wildman–Crippen LogP) is 15.0. The number of hydrogen-bond acceptors (Lipinski definition) is 3. The second-order valence-corrected chi connectivity index (χ2v) is 14.1. The van der Waals surface area contributed by atoms with E-state index in [1.165, 1.54) is 0 Å². The lowest BCUT2D eigenvalue weighted by Gasteiger charge is -2.29. The fraction of sp³-hybridized carbons (Fsp3) is 0. The molecule has 0 saturated carbocycles. The maximum absolute atomic E-state index is 7.06. The third-order valence-corrected chi connectivity index (χ3v) is 10.9. The van der Waals surface area contributed by atoms with Crippen LogP contribution in [-0.4, -0.2) is 0 Å². The van der Waals surface area contributed by atoms with E-state index in [0.29, 0.717) is 0 Å². The Morgan fingerprint density at radius 2 is 1.00 bits per heavy atom. The Morgan fingerprint density at radius 3 is 1.87 bits per heavy atom. The summed E-state index contributed by atoms with van der Waals surface area (Å²) in [5, 5.41) is 4.40. The minimum atomic E-state index is 0.842. The topological polar surface area (TPSA) is 25.6 Å². The predicted molar refractivity (Wildman–Crippen MR) is 228 cm³/mol. The van der Waals surface area contributed by atoms with Gasteiger partial charge in [0.2, 0.25) is 0 Å². The molecule has 10 aromatic rings. The zero-order valence-corrected chi connectivity index (χ0v) is 29.8. The number of para-hydroxylation sites is 2. The molecule has 9 aromatic carbocycles. The van der Waals surface area contributed by atoms with Gasteiger partial charge in [0.15, 0.2) is 0 Å². The first-order chi connectivity index (χ1) is 27.3. The van der Waals surface area contributed by atoms with Crippen LogP contribution in [0.4, 0.5) is 17.1 Å². The molecule has 0 aliphatic carbocycles.